The highest BCUT2D eigenvalue weighted by Gasteiger charge is 2.26. The number of unbranched alkanes of at least 4 members (excludes halogenated alkanes) is 2. The molecule has 42 heavy (non-hydrogen) atoms. The average molecular weight is 569 g/mol. The van der Waals surface area contributed by atoms with E-state index in [2.05, 4.69) is 70.5 Å². The van der Waals surface area contributed by atoms with Gasteiger partial charge in [-0.25, -0.2) is 4.79 Å². The highest BCUT2D eigenvalue weighted by atomic mass is 16.5. The first kappa shape index (κ1) is 31.1. The molecular formula is C36H44N2O4. The minimum Gasteiger partial charge on any atom is -0.493 e. The van der Waals surface area contributed by atoms with Gasteiger partial charge in [0.2, 0.25) is 0 Å². The van der Waals surface area contributed by atoms with Crippen LogP contribution in [-0.2, 0) is 9.53 Å². The number of nitrogens with zero attached hydrogens (tertiary/aromatic N) is 2. The van der Waals surface area contributed by atoms with Crippen LogP contribution >= 0.6 is 0 Å². The lowest BCUT2D eigenvalue weighted by atomic mass is 9.96. The fourth-order valence-electron chi connectivity index (χ4n) is 5.32. The Morgan fingerprint density at radius 1 is 0.833 bits per heavy atom. The standard InChI is InChI=1S/C36H44N2O4/c1-3-41-35(39)20-12-11-15-30-21-22-33(34(29-30)40-2)42-28-14-6-13-23-37-24-26-38(27-25-37)36(31-16-7-4-8-17-31)32-18-9-5-10-19-32/h4-5,7-12,15-22,29,36H,3,6,13-14,23-28H2,1-2H3. The van der Waals surface area contributed by atoms with E-state index in [1.165, 1.54) is 23.6 Å². The average Bonchev–Trinajstić information content (AvgIpc) is 3.03. The van der Waals surface area contributed by atoms with Gasteiger partial charge in [-0.15, -0.1) is 0 Å². The Morgan fingerprint density at radius 3 is 2.17 bits per heavy atom. The summed E-state index contributed by atoms with van der Waals surface area (Å²) in [4.78, 5) is 16.6. The van der Waals surface area contributed by atoms with E-state index in [1.54, 1.807) is 26.2 Å². The number of ether oxygens (including phenoxy) is 3. The molecule has 1 heterocycles. The summed E-state index contributed by atoms with van der Waals surface area (Å²) in [7, 11) is 1.65. The van der Waals surface area contributed by atoms with Crippen LogP contribution in [0.1, 0.15) is 48.9 Å². The van der Waals surface area contributed by atoms with Crippen LogP contribution in [-0.4, -0.2) is 68.8 Å². The van der Waals surface area contributed by atoms with Gasteiger partial charge in [-0.3, -0.25) is 4.90 Å². The van der Waals surface area contributed by atoms with Gasteiger partial charge in [-0.1, -0.05) is 85.0 Å². The second kappa shape index (κ2) is 17.2. The van der Waals surface area contributed by atoms with Crippen LogP contribution in [0, 0.1) is 0 Å². The molecule has 0 saturated carbocycles. The topological polar surface area (TPSA) is 51.2 Å². The number of esters is 1. The summed E-state index contributed by atoms with van der Waals surface area (Å²) in [5.74, 6) is 1.11. The zero-order valence-corrected chi connectivity index (χ0v) is 25.0. The molecule has 0 radical (unpaired) electrons. The second-order valence-electron chi connectivity index (χ2n) is 10.4. The summed E-state index contributed by atoms with van der Waals surface area (Å²) in [5, 5.41) is 0. The van der Waals surface area contributed by atoms with Crippen molar-refractivity contribution in [2.24, 2.45) is 0 Å². The predicted octanol–water partition coefficient (Wildman–Crippen LogP) is 6.78. The van der Waals surface area contributed by atoms with Crippen molar-refractivity contribution in [1.82, 2.24) is 9.80 Å². The van der Waals surface area contributed by atoms with E-state index in [1.807, 2.05) is 24.3 Å². The SMILES string of the molecule is CCOC(=O)C=CC=Cc1ccc(OCCCCCN2CCN(C(c3ccccc3)c3ccccc3)CC2)c(OC)c1. The fraction of sp³-hybridized carbons (Fsp3) is 0.361. The summed E-state index contributed by atoms with van der Waals surface area (Å²) in [6, 6.07) is 27.9. The van der Waals surface area contributed by atoms with Crippen molar-refractivity contribution in [2.75, 3.05) is 53.0 Å². The maximum absolute atomic E-state index is 11.4. The van der Waals surface area contributed by atoms with Crippen molar-refractivity contribution in [3.63, 3.8) is 0 Å². The molecule has 6 nitrogen and oxygen atoms in total. The van der Waals surface area contributed by atoms with Gasteiger partial charge in [0, 0.05) is 32.3 Å². The Bertz CT molecular complexity index is 1230. The Hall–Kier alpha value is -3.87. The number of piperazine rings is 1. The molecule has 0 aliphatic carbocycles. The van der Waals surface area contributed by atoms with Crippen LogP contribution in [0.3, 0.4) is 0 Å². The Kier molecular flexibility index (Phi) is 12.7. The molecule has 3 aromatic rings. The van der Waals surface area contributed by atoms with Gasteiger partial charge in [0.15, 0.2) is 11.5 Å². The summed E-state index contributed by atoms with van der Waals surface area (Å²) < 4.78 is 16.5. The maximum Gasteiger partial charge on any atom is 0.330 e. The lowest BCUT2D eigenvalue weighted by Crippen LogP contribution is -2.48. The third-order valence-electron chi connectivity index (χ3n) is 7.49. The van der Waals surface area contributed by atoms with E-state index >= 15 is 0 Å². The molecule has 3 aromatic carbocycles. The third-order valence-corrected chi connectivity index (χ3v) is 7.49. The Balaban J connectivity index is 1.16. The molecule has 1 fully saturated rings. The van der Waals surface area contributed by atoms with E-state index in [4.69, 9.17) is 14.2 Å². The molecule has 0 N–H and O–H groups in total. The summed E-state index contributed by atoms with van der Waals surface area (Å²) in [6.07, 6.45) is 10.1. The van der Waals surface area contributed by atoms with E-state index < -0.39 is 0 Å². The number of rotatable bonds is 15. The first-order valence-corrected chi connectivity index (χ1v) is 15.1. The molecule has 1 aliphatic heterocycles. The molecule has 0 unspecified atom stereocenters. The van der Waals surface area contributed by atoms with Crippen LogP contribution < -0.4 is 9.47 Å². The van der Waals surface area contributed by atoms with Crippen LogP contribution in [0.25, 0.3) is 6.08 Å². The first-order valence-electron chi connectivity index (χ1n) is 15.1. The lowest BCUT2D eigenvalue weighted by molar-refractivity contribution is -0.137. The van der Waals surface area contributed by atoms with Crippen molar-refractivity contribution < 1.29 is 19.0 Å². The van der Waals surface area contributed by atoms with Gasteiger partial charge in [0.05, 0.1) is 26.4 Å². The molecule has 0 bridgehead atoms. The van der Waals surface area contributed by atoms with Crippen LogP contribution in [0.15, 0.2) is 97.1 Å². The molecule has 0 atom stereocenters. The number of allylic oxidation sites excluding steroid dienone is 2. The highest BCUT2D eigenvalue weighted by Crippen LogP contribution is 2.30. The van der Waals surface area contributed by atoms with E-state index in [9.17, 15) is 4.79 Å². The molecule has 6 heteroatoms. The number of carbonyl (C=O) groups excluding carboxylic acids is 1. The predicted molar refractivity (Wildman–Crippen MR) is 170 cm³/mol. The first-order chi connectivity index (χ1) is 20.7. The zero-order valence-electron chi connectivity index (χ0n) is 25.0. The zero-order chi connectivity index (χ0) is 29.4. The Labute approximate surface area is 251 Å². The van der Waals surface area contributed by atoms with Crippen molar-refractivity contribution in [3.05, 3.63) is 114 Å². The van der Waals surface area contributed by atoms with E-state index in [-0.39, 0.29) is 5.97 Å². The highest BCUT2D eigenvalue weighted by molar-refractivity contribution is 5.82. The molecule has 0 aromatic heterocycles. The molecule has 4 rings (SSSR count). The normalized spacial score (nSPS) is 14.5. The molecular weight excluding hydrogens is 524 g/mol. The van der Waals surface area contributed by atoms with Crippen LogP contribution in [0.4, 0.5) is 0 Å². The molecule has 222 valence electrons. The number of methoxy groups -OCH3 is 1. The molecule has 1 saturated heterocycles. The molecule has 0 spiro atoms. The van der Waals surface area contributed by atoms with Crippen molar-refractivity contribution in [3.8, 4) is 11.5 Å². The minimum absolute atomic E-state index is 0.307. The minimum atomic E-state index is -0.345. The largest absolute Gasteiger partial charge is 0.493 e. The van der Waals surface area contributed by atoms with Crippen LogP contribution in [0.2, 0.25) is 0 Å². The quantitative estimate of drug-likeness (QED) is 0.0872. The summed E-state index contributed by atoms with van der Waals surface area (Å²) >= 11 is 0. The third kappa shape index (κ3) is 9.61. The maximum atomic E-state index is 11.4. The van der Waals surface area contributed by atoms with Gasteiger partial charge in [0.1, 0.15) is 0 Å². The van der Waals surface area contributed by atoms with E-state index in [0.29, 0.717) is 25.0 Å². The number of carbonyl (C=O) groups is 1. The smallest absolute Gasteiger partial charge is 0.330 e. The lowest BCUT2D eigenvalue weighted by Gasteiger charge is -2.39. The van der Waals surface area contributed by atoms with E-state index in [0.717, 1.165) is 56.9 Å². The molecule has 1 aliphatic rings. The van der Waals surface area contributed by atoms with Crippen molar-refractivity contribution in [2.45, 2.75) is 32.2 Å². The second-order valence-corrected chi connectivity index (χ2v) is 10.4. The fourth-order valence-corrected chi connectivity index (χ4v) is 5.32. The summed E-state index contributed by atoms with van der Waals surface area (Å²) in [5.41, 5.74) is 3.69. The van der Waals surface area contributed by atoms with Crippen molar-refractivity contribution >= 4 is 12.0 Å². The monoisotopic (exact) mass is 568 g/mol. The van der Waals surface area contributed by atoms with Crippen molar-refractivity contribution in [1.29, 1.82) is 0 Å². The molecule has 0 amide bonds. The van der Waals surface area contributed by atoms with Gasteiger partial charge >= 0.3 is 5.97 Å². The van der Waals surface area contributed by atoms with Gasteiger partial charge in [0.25, 0.3) is 0 Å². The summed E-state index contributed by atoms with van der Waals surface area (Å²) in [6.45, 7) is 8.30. The number of benzene rings is 3. The Morgan fingerprint density at radius 2 is 1.52 bits per heavy atom. The number of hydrogen-bond donors (Lipinski definition) is 0. The van der Waals surface area contributed by atoms with Gasteiger partial charge in [-0.2, -0.15) is 0 Å². The van der Waals surface area contributed by atoms with Crippen LogP contribution in [0.5, 0.6) is 11.5 Å². The van der Waals surface area contributed by atoms with Gasteiger partial charge in [-0.05, 0) is 61.6 Å². The van der Waals surface area contributed by atoms with Gasteiger partial charge < -0.3 is 19.1 Å². The number of hydrogen-bond acceptors (Lipinski definition) is 6.